The van der Waals surface area contributed by atoms with Gasteiger partial charge in [-0.2, -0.15) is 0 Å². The number of aromatic nitrogens is 2. The Kier molecular flexibility index (Phi) is 5.43. The van der Waals surface area contributed by atoms with Crippen LogP contribution in [0.15, 0.2) is 66.9 Å². The molecule has 0 aliphatic rings. The SMILES string of the molecule is CC(C)Oc1ccccc1Nc1nccc(C(=O)Nc2ccccc2)n1. The summed E-state index contributed by atoms with van der Waals surface area (Å²) in [7, 11) is 0. The normalized spacial score (nSPS) is 10.4. The summed E-state index contributed by atoms with van der Waals surface area (Å²) in [6.07, 6.45) is 1.59. The lowest BCUT2D eigenvalue weighted by Crippen LogP contribution is -2.15. The Morgan fingerprint density at radius 1 is 1.00 bits per heavy atom. The van der Waals surface area contributed by atoms with Crippen LogP contribution in [0.2, 0.25) is 0 Å². The molecule has 2 aromatic carbocycles. The number of amides is 1. The number of nitrogens with zero attached hydrogens (tertiary/aromatic N) is 2. The van der Waals surface area contributed by atoms with Gasteiger partial charge in [-0.3, -0.25) is 4.79 Å². The number of anilines is 3. The number of carbonyl (C=O) groups is 1. The molecule has 0 aliphatic carbocycles. The standard InChI is InChI=1S/C20H20N4O2/c1-14(2)26-18-11-7-6-10-16(18)23-20-21-13-12-17(24-20)19(25)22-15-8-4-3-5-9-15/h3-14H,1-2H3,(H,22,25)(H,21,23,24). The molecule has 0 fully saturated rings. The third kappa shape index (κ3) is 4.57. The van der Waals surface area contributed by atoms with Crippen LogP contribution in [0.4, 0.5) is 17.3 Å². The van der Waals surface area contributed by atoms with Crippen LogP contribution in [0.5, 0.6) is 5.75 Å². The number of para-hydroxylation sites is 3. The van der Waals surface area contributed by atoms with Gasteiger partial charge in [-0.15, -0.1) is 0 Å². The molecule has 132 valence electrons. The molecule has 0 radical (unpaired) electrons. The summed E-state index contributed by atoms with van der Waals surface area (Å²) in [4.78, 5) is 20.9. The van der Waals surface area contributed by atoms with Crippen molar-refractivity contribution in [1.29, 1.82) is 0 Å². The van der Waals surface area contributed by atoms with Crippen LogP contribution in [-0.2, 0) is 0 Å². The maximum absolute atomic E-state index is 12.4. The lowest BCUT2D eigenvalue weighted by molar-refractivity contribution is 0.102. The van der Waals surface area contributed by atoms with Gasteiger partial charge in [-0.05, 0) is 44.2 Å². The lowest BCUT2D eigenvalue weighted by Gasteiger charge is -2.14. The minimum atomic E-state index is -0.298. The quantitative estimate of drug-likeness (QED) is 0.696. The summed E-state index contributed by atoms with van der Waals surface area (Å²) in [6.45, 7) is 3.92. The zero-order valence-electron chi connectivity index (χ0n) is 14.6. The molecule has 0 saturated heterocycles. The van der Waals surface area contributed by atoms with E-state index in [1.54, 1.807) is 12.3 Å². The Morgan fingerprint density at radius 2 is 1.73 bits per heavy atom. The van der Waals surface area contributed by atoms with E-state index >= 15 is 0 Å². The van der Waals surface area contributed by atoms with Gasteiger partial charge in [-0.25, -0.2) is 9.97 Å². The minimum Gasteiger partial charge on any atom is -0.489 e. The first-order valence-electron chi connectivity index (χ1n) is 8.34. The zero-order chi connectivity index (χ0) is 18.4. The van der Waals surface area contributed by atoms with Crippen LogP contribution in [-0.4, -0.2) is 22.0 Å². The Balaban J connectivity index is 1.77. The molecule has 0 bridgehead atoms. The highest BCUT2D eigenvalue weighted by atomic mass is 16.5. The summed E-state index contributed by atoms with van der Waals surface area (Å²) >= 11 is 0. The average molecular weight is 348 g/mol. The summed E-state index contributed by atoms with van der Waals surface area (Å²) in [5.41, 5.74) is 1.72. The molecule has 1 aromatic heterocycles. The number of carbonyl (C=O) groups excluding carboxylic acids is 1. The second-order valence-corrected chi connectivity index (χ2v) is 5.87. The van der Waals surface area contributed by atoms with E-state index in [2.05, 4.69) is 20.6 Å². The molecule has 0 spiro atoms. The Labute approximate surface area is 152 Å². The number of hydrogen-bond donors (Lipinski definition) is 2. The van der Waals surface area contributed by atoms with Crippen molar-refractivity contribution in [2.24, 2.45) is 0 Å². The molecule has 3 aromatic rings. The first-order valence-corrected chi connectivity index (χ1v) is 8.34. The number of hydrogen-bond acceptors (Lipinski definition) is 5. The van der Waals surface area contributed by atoms with Crippen LogP contribution in [0.3, 0.4) is 0 Å². The fourth-order valence-electron chi connectivity index (χ4n) is 2.31. The van der Waals surface area contributed by atoms with Crippen molar-refractivity contribution in [3.05, 3.63) is 72.6 Å². The molecule has 26 heavy (non-hydrogen) atoms. The van der Waals surface area contributed by atoms with Gasteiger partial charge >= 0.3 is 0 Å². The first kappa shape index (κ1) is 17.4. The maximum atomic E-state index is 12.4. The molecule has 6 heteroatoms. The second kappa shape index (κ2) is 8.11. The molecular formula is C20H20N4O2. The largest absolute Gasteiger partial charge is 0.489 e. The molecule has 1 amide bonds. The van der Waals surface area contributed by atoms with E-state index in [1.807, 2.05) is 68.4 Å². The molecule has 2 N–H and O–H groups in total. The highest BCUT2D eigenvalue weighted by molar-refractivity contribution is 6.02. The monoisotopic (exact) mass is 348 g/mol. The third-order valence-electron chi connectivity index (χ3n) is 3.42. The molecule has 0 saturated carbocycles. The fourth-order valence-corrected chi connectivity index (χ4v) is 2.31. The summed E-state index contributed by atoms with van der Waals surface area (Å²) < 4.78 is 5.78. The van der Waals surface area contributed by atoms with E-state index in [4.69, 9.17) is 4.74 Å². The number of ether oxygens (including phenoxy) is 1. The van der Waals surface area contributed by atoms with E-state index in [9.17, 15) is 4.79 Å². The second-order valence-electron chi connectivity index (χ2n) is 5.87. The predicted octanol–water partition coefficient (Wildman–Crippen LogP) is 4.26. The molecular weight excluding hydrogens is 328 g/mol. The van der Waals surface area contributed by atoms with Crippen molar-refractivity contribution in [3.63, 3.8) is 0 Å². The first-order chi connectivity index (χ1) is 12.6. The highest BCUT2D eigenvalue weighted by Crippen LogP contribution is 2.27. The molecule has 0 aliphatic heterocycles. The summed E-state index contributed by atoms with van der Waals surface area (Å²) in [6, 6.07) is 18.3. The minimum absolute atomic E-state index is 0.0434. The van der Waals surface area contributed by atoms with E-state index in [0.29, 0.717) is 17.4 Å². The highest BCUT2D eigenvalue weighted by Gasteiger charge is 2.11. The van der Waals surface area contributed by atoms with Crippen molar-refractivity contribution in [1.82, 2.24) is 9.97 Å². The van der Waals surface area contributed by atoms with Crippen molar-refractivity contribution < 1.29 is 9.53 Å². The van der Waals surface area contributed by atoms with Crippen LogP contribution < -0.4 is 15.4 Å². The smallest absolute Gasteiger partial charge is 0.274 e. The predicted molar refractivity (Wildman–Crippen MR) is 102 cm³/mol. The summed E-state index contributed by atoms with van der Waals surface area (Å²) in [5.74, 6) is 0.726. The van der Waals surface area contributed by atoms with Crippen molar-refractivity contribution in [2.45, 2.75) is 20.0 Å². The number of nitrogens with one attached hydrogen (secondary N) is 2. The van der Waals surface area contributed by atoms with E-state index < -0.39 is 0 Å². The molecule has 0 atom stereocenters. The molecule has 6 nitrogen and oxygen atoms in total. The van der Waals surface area contributed by atoms with Gasteiger partial charge in [0.15, 0.2) is 0 Å². The van der Waals surface area contributed by atoms with Gasteiger partial charge in [0, 0.05) is 11.9 Å². The van der Waals surface area contributed by atoms with Crippen molar-refractivity contribution >= 4 is 23.2 Å². The Hall–Kier alpha value is -3.41. The van der Waals surface area contributed by atoms with Crippen LogP contribution in [0.1, 0.15) is 24.3 Å². The molecule has 3 rings (SSSR count). The van der Waals surface area contributed by atoms with Gasteiger partial charge in [0.1, 0.15) is 11.4 Å². The Bertz CT molecular complexity index is 882. The average Bonchev–Trinajstić information content (AvgIpc) is 2.64. The van der Waals surface area contributed by atoms with Gasteiger partial charge < -0.3 is 15.4 Å². The number of rotatable bonds is 6. The molecule has 1 heterocycles. The van der Waals surface area contributed by atoms with Crippen LogP contribution >= 0.6 is 0 Å². The number of benzene rings is 2. The topological polar surface area (TPSA) is 76.1 Å². The maximum Gasteiger partial charge on any atom is 0.274 e. The van der Waals surface area contributed by atoms with Gasteiger partial charge in [-0.1, -0.05) is 30.3 Å². The lowest BCUT2D eigenvalue weighted by atomic mass is 10.3. The zero-order valence-corrected chi connectivity index (χ0v) is 14.6. The molecule has 0 unspecified atom stereocenters. The van der Waals surface area contributed by atoms with Crippen molar-refractivity contribution in [3.8, 4) is 5.75 Å². The summed E-state index contributed by atoms with van der Waals surface area (Å²) in [5, 5.41) is 5.91. The fraction of sp³-hybridized carbons (Fsp3) is 0.150. The van der Waals surface area contributed by atoms with Crippen LogP contribution in [0, 0.1) is 0 Å². The van der Waals surface area contributed by atoms with E-state index in [-0.39, 0.29) is 17.7 Å². The van der Waals surface area contributed by atoms with Crippen LogP contribution in [0.25, 0.3) is 0 Å². The van der Waals surface area contributed by atoms with E-state index in [1.165, 1.54) is 0 Å². The van der Waals surface area contributed by atoms with Crippen molar-refractivity contribution in [2.75, 3.05) is 10.6 Å². The van der Waals surface area contributed by atoms with Gasteiger partial charge in [0.05, 0.1) is 11.8 Å². The Morgan fingerprint density at radius 3 is 2.50 bits per heavy atom. The van der Waals surface area contributed by atoms with E-state index in [0.717, 1.165) is 5.69 Å². The van der Waals surface area contributed by atoms with Gasteiger partial charge in [0.25, 0.3) is 5.91 Å². The third-order valence-corrected chi connectivity index (χ3v) is 3.42. The van der Waals surface area contributed by atoms with Gasteiger partial charge in [0.2, 0.25) is 5.95 Å².